The van der Waals surface area contributed by atoms with E-state index in [1.807, 2.05) is 36.1 Å². The first-order chi connectivity index (χ1) is 11.3. The molecular formula is C17H20N6. The molecule has 23 heavy (non-hydrogen) atoms. The Morgan fingerprint density at radius 3 is 2.87 bits per heavy atom. The van der Waals surface area contributed by atoms with Crippen molar-refractivity contribution < 1.29 is 0 Å². The number of rotatable bonds is 4. The van der Waals surface area contributed by atoms with E-state index in [2.05, 4.69) is 31.7 Å². The summed E-state index contributed by atoms with van der Waals surface area (Å²) in [6.45, 7) is 2.03. The van der Waals surface area contributed by atoms with Gasteiger partial charge in [-0.1, -0.05) is 12.8 Å². The summed E-state index contributed by atoms with van der Waals surface area (Å²) in [5.41, 5.74) is 3.33. The van der Waals surface area contributed by atoms with E-state index in [-0.39, 0.29) is 0 Å². The highest BCUT2D eigenvalue weighted by molar-refractivity contribution is 5.55. The lowest BCUT2D eigenvalue weighted by atomic mass is 10.0. The molecule has 6 heteroatoms. The van der Waals surface area contributed by atoms with Gasteiger partial charge in [-0.3, -0.25) is 5.10 Å². The highest BCUT2D eigenvalue weighted by atomic mass is 15.3. The quantitative estimate of drug-likeness (QED) is 0.771. The fraction of sp³-hybridized carbons (Fsp3) is 0.353. The Morgan fingerprint density at radius 2 is 2.09 bits per heavy atom. The van der Waals surface area contributed by atoms with Crippen LogP contribution in [-0.2, 0) is 0 Å². The predicted octanol–water partition coefficient (Wildman–Crippen LogP) is 3.70. The average molecular weight is 308 g/mol. The van der Waals surface area contributed by atoms with Gasteiger partial charge in [-0.15, -0.1) is 0 Å². The third-order valence-corrected chi connectivity index (χ3v) is 4.37. The predicted molar refractivity (Wildman–Crippen MR) is 89.2 cm³/mol. The van der Waals surface area contributed by atoms with Crippen LogP contribution in [0.4, 0.5) is 11.6 Å². The van der Waals surface area contributed by atoms with Crippen LogP contribution in [0.15, 0.2) is 36.8 Å². The molecule has 3 aromatic heterocycles. The van der Waals surface area contributed by atoms with Gasteiger partial charge in [0.05, 0.1) is 11.9 Å². The minimum absolute atomic E-state index is 0.629. The summed E-state index contributed by atoms with van der Waals surface area (Å²) in [6, 6.07) is 6.00. The van der Waals surface area contributed by atoms with Gasteiger partial charge in [0.25, 0.3) is 0 Å². The van der Waals surface area contributed by atoms with Crippen LogP contribution in [-0.4, -0.2) is 25.0 Å². The van der Waals surface area contributed by atoms with Gasteiger partial charge in [0, 0.05) is 36.1 Å². The van der Waals surface area contributed by atoms with Crippen molar-refractivity contribution in [1.29, 1.82) is 0 Å². The van der Waals surface area contributed by atoms with Crippen LogP contribution in [0.25, 0.3) is 5.69 Å². The lowest BCUT2D eigenvalue weighted by molar-refractivity contribution is 0.693. The zero-order chi connectivity index (χ0) is 15.6. The summed E-state index contributed by atoms with van der Waals surface area (Å²) in [5, 5.41) is 15.1. The Labute approximate surface area is 135 Å². The molecule has 0 saturated heterocycles. The van der Waals surface area contributed by atoms with E-state index in [4.69, 9.17) is 0 Å². The van der Waals surface area contributed by atoms with Crippen molar-refractivity contribution >= 4 is 11.6 Å². The number of H-pyrrole nitrogens is 1. The van der Waals surface area contributed by atoms with Crippen molar-refractivity contribution in [2.45, 2.75) is 38.5 Å². The van der Waals surface area contributed by atoms with Crippen molar-refractivity contribution in [3.05, 3.63) is 48.0 Å². The van der Waals surface area contributed by atoms with Crippen LogP contribution in [0, 0.1) is 6.92 Å². The summed E-state index contributed by atoms with van der Waals surface area (Å²) in [4.78, 5) is 4.37. The Morgan fingerprint density at radius 1 is 1.22 bits per heavy atom. The second-order valence-electron chi connectivity index (χ2n) is 6.18. The first-order valence-electron chi connectivity index (χ1n) is 8.08. The van der Waals surface area contributed by atoms with E-state index in [9.17, 15) is 0 Å². The Bertz CT molecular complexity index is 797. The summed E-state index contributed by atoms with van der Waals surface area (Å²) >= 11 is 0. The summed E-state index contributed by atoms with van der Waals surface area (Å²) in [5.74, 6) is 2.21. The third-order valence-electron chi connectivity index (χ3n) is 4.37. The summed E-state index contributed by atoms with van der Waals surface area (Å²) in [6.07, 6.45) is 10.8. The Balaban J connectivity index is 1.52. The number of hydrogen-bond donors (Lipinski definition) is 2. The normalized spacial score (nSPS) is 15.2. The van der Waals surface area contributed by atoms with Gasteiger partial charge in [0.1, 0.15) is 5.82 Å². The Kier molecular flexibility index (Phi) is 3.57. The second kappa shape index (κ2) is 5.87. The van der Waals surface area contributed by atoms with Crippen LogP contribution in [0.2, 0.25) is 0 Å². The van der Waals surface area contributed by atoms with Crippen LogP contribution in [0.5, 0.6) is 0 Å². The highest BCUT2D eigenvalue weighted by Crippen LogP contribution is 2.33. The largest absolute Gasteiger partial charge is 0.323 e. The van der Waals surface area contributed by atoms with Crippen molar-refractivity contribution in [1.82, 2.24) is 25.0 Å². The number of aromatic nitrogens is 5. The standard InChI is InChI=1S/C17H20N6/c1-12-10-19-23(11-12)14-6-7-18-16(8-14)20-17-9-15(21-22-17)13-4-2-3-5-13/h6-11,13H,2-5H2,1H3,(H2,18,20,21,22). The molecule has 0 amide bonds. The summed E-state index contributed by atoms with van der Waals surface area (Å²) in [7, 11) is 0. The molecule has 0 aromatic carbocycles. The smallest absolute Gasteiger partial charge is 0.153 e. The minimum atomic E-state index is 0.629. The zero-order valence-corrected chi connectivity index (χ0v) is 13.2. The molecule has 1 fully saturated rings. The number of nitrogens with zero attached hydrogens (tertiary/aromatic N) is 4. The van der Waals surface area contributed by atoms with Gasteiger partial charge < -0.3 is 5.32 Å². The molecule has 118 valence electrons. The van der Waals surface area contributed by atoms with Crippen molar-refractivity contribution in [3.63, 3.8) is 0 Å². The van der Waals surface area contributed by atoms with Gasteiger partial charge >= 0.3 is 0 Å². The topological polar surface area (TPSA) is 71.4 Å². The van der Waals surface area contributed by atoms with E-state index >= 15 is 0 Å². The van der Waals surface area contributed by atoms with Gasteiger partial charge in [0.2, 0.25) is 0 Å². The molecule has 0 atom stereocenters. The maximum Gasteiger partial charge on any atom is 0.153 e. The monoisotopic (exact) mass is 308 g/mol. The molecule has 0 spiro atoms. The average Bonchev–Trinajstić information content (AvgIpc) is 3.28. The van der Waals surface area contributed by atoms with Crippen molar-refractivity contribution in [2.24, 2.45) is 0 Å². The van der Waals surface area contributed by atoms with Crippen LogP contribution >= 0.6 is 0 Å². The van der Waals surface area contributed by atoms with Crippen LogP contribution < -0.4 is 5.32 Å². The highest BCUT2D eigenvalue weighted by Gasteiger charge is 2.19. The molecule has 3 heterocycles. The number of aryl methyl sites for hydroxylation is 1. The van der Waals surface area contributed by atoms with Crippen molar-refractivity contribution in [2.75, 3.05) is 5.32 Å². The molecule has 0 unspecified atom stereocenters. The molecular weight excluding hydrogens is 288 g/mol. The Hall–Kier alpha value is -2.63. The van der Waals surface area contributed by atoms with E-state index in [1.54, 1.807) is 6.20 Å². The van der Waals surface area contributed by atoms with Gasteiger partial charge in [0.15, 0.2) is 5.82 Å². The van der Waals surface area contributed by atoms with Gasteiger partial charge in [-0.05, 0) is 31.4 Å². The fourth-order valence-electron chi connectivity index (χ4n) is 3.16. The van der Waals surface area contributed by atoms with E-state index < -0.39 is 0 Å². The minimum Gasteiger partial charge on any atom is -0.323 e. The molecule has 1 aliphatic carbocycles. The molecule has 3 aromatic rings. The van der Waals surface area contributed by atoms with Gasteiger partial charge in [-0.2, -0.15) is 10.2 Å². The maximum absolute atomic E-state index is 4.37. The molecule has 1 saturated carbocycles. The SMILES string of the molecule is Cc1cnn(-c2ccnc(Nc3cc(C4CCCC4)[nH]n3)c2)c1. The summed E-state index contributed by atoms with van der Waals surface area (Å²) < 4.78 is 1.84. The van der Waals surface area contributed by atoms with Crippen LogP contribution in [0.3, 0.4) is 0 Å². The number of nitrogens with one attached hydrogen (secondary N) is 2. The lowest BCUT2D eigenvalue weighted by Gasteiger charge is -2.05. The number of aromatic amines is 1. The number of hydrogen-bond acceptors (Lipinski definition) is 4. The zero-order valence-electron chi connectivity index (χ0n) is 13.2. The first kappa shape index (κ1) is 14.0. The number of pyridine rings is 1. The molecule has 6 nitrogen and oxygen atoms in total. The second-order valence-corrected chi connectivity index (χ2v) is 6.18. The third kappa shape index (κ3) is 2.97. The van der Waals surface area contributed by atoms with E-state index in [1.165, 1.54) is 31.4 Å². The lowest BCUT2D eigenvalue weighted by Crippen LogP contribution is -1.98. The molecule has 0 radical (unpaired) electrons. The molecule has 0 bridgehead atoms. The van der Waals surface area contributed by atoms with Crippen molar-refractivity contribution in [3.8, 4) is 5.69 Å². The molecule has 1 aliphatic rings. The molecule has 2 N–H and O–H groups in total. The fourth-order valence-corrected chi connectivity index (χ4v) is 3.16. The maximum atomic E-state index is 4.37. The molecule has 0 aliphatic heterocycles. The van der Waals surface area contributed by atoms with Gasteiger partial charge in [-0.25, -0.2) is 9.67 Å². The molecule has 4 rings (SSSR count). The van der Waals surface area contributed by atoms with Crippen LogP contribution in [0.1, 0.15) is 42.9 Å². The number of anilines is 2. The first-order valence-corrected chi connectivity index (χ1v) is 8.08. The van der Waals surface area contributed by atoms with E-state index in [0.29, 0.717) is 5.92 Å². The van der Waals surface area contributed by atoms with E-state index in [0.717, 1.165) is 22.9 Å².